The van der Waals surface area contributed by atoms with Crippen molar-refractivity contribution in [1.82, 2.24) is 10.2 Å². The van der Waals surface area contributed by atoms with Crippen LogP contribution in [0.3, 0.4) is 0 Å². The lowest BCUT2D eigenvalue weighted by molar-refractivity contribution is -0.123. The Morgan fingerprint density at radius 2 is 1.89 bits per heavy atom. The minimum atomic E-state index is -0.0405. The van der Waals surface area contributed by atoms with Gasteiger partial charge in [0.2, 0.25) is 5.91 Å². The van der Waals surface area contributed by atoms with Gasteiger partial charge < -0.3 is 10.2 Å². The topological polar surface area (TPSA) is 49.4 Å². The number of amides is 2. The number of rotatable bonds is 4. The van der Waals surface area contributed by atoms with Crippen LogP contribution in [0.25, 0.3) is 0 Å². The molecule has 0 unspecified atom stereocenters. The molecule has 4 nitrogen and oxygen atoms in total. The lowest BCUT2D eigenvalue weighted by Crippen LogP contribution is -2.51. The van der Waals surface area contributed by atoms with Crippen molar-refractivity contribution in [3.8, 4) is 0 Å². The van der Waals surface area contributed by atoms with Crippen molar-refractivity contribution in [2.45, 2.75) is 43.1 Å². The fourth-order valence-corrected chi connectivity index (χ4v) is 5.08. The lowest BCUT2D eigenvalue weighted by atomic mass is 9.76. The number of nitrogens with zero attached hydrogens (tertiary/aromatic N) is 1. The van der Waals surface area contributed by atoms with E-state index in [2.05, 4.69) is 51.6 Å². The summed E-state index contributed by atoms with van der Waals surface area (Å²) in [7, 11) is 0. The van der Waals surface area contributed by atoms with Gasteiger partial charge in [0, 0.05) is 28.0 Å². The maximum Gasteiger partial charge on any atom is 0.254 e. The minimum Gasteiger partial charge on any atom is -0.352 e. The molecule has 1 aliphatic heterocycles. The van der Waals surface area contributed by atoms with Crippen LogP contribution in [0.15, 0.2) is 53.0 Å². The van der Waals surface area contributed by atoms with Crippen LogP contribution in [-0.2, 0) is 10.2 Å². The van der Waals surface area contributed by atoms with Crippen molar-refractivity contribution < 1.29 is 9.59 Å². The van der Waals surface area contributed by atoms with E-state index in [-0.39, 0.29) is 29.8 Å². The highest BCUT2D eigenvalue weighted by Gasteiger charge is 2.51. The summed E-state index contributed by atoms with van der Waals surface area (Å²) in [5.74, 6) is 0.468. The number of hydrogen-bond donors (Lipinski definition) is 1. The van der Waals surface area contributed by atoms with Gasteiger partial charge in [-0.3, -0.25) is 9.59 Å². The molecule has 3 aliphatic rings. The van der Waals surface area contributed by atoms with Crippen molar-refractivity contribution in [2.75, 3.05) is 13.1 Å². The summed E-state index contributed by atoms with van der Waals surface area (Å²) in [6.07, 6.45) is 4.13. The molecule has 0 saturated heterocycles. The normalized spacial score (nSPS) is 24.5. The Morgan fingerprint density at radius 3 is 2.61 bits per heavy atom. The van der Waals surface area contributed by atoms with Gasteiger partial charge in [-0.1, -0.05) is 46.3 Å². The van der Waals surface area contributed by atoms with Gasteiger partial charge in [-0.2, -0.15) is 0 Å². The average Bonchev–Trinajstić information content (AvgIpc) is 3.43. The molecule has 2 saturated carbocycles. The maximum atomic E-state index is 12.9. The first-order valence-electron chi connectivity index (χ1n) is 9.98. The molecule has 2 fully saturated rings. The fourth-order valence-electron chi connectivity index (χ4n) is 4.72. The molecule has 28 heavy (non-hydrogen) atoms. The third kappa shape index (κ3) is 3.16. The molecule has 0 bridgehead atoms. The van der Waals surface area contributed by atoms with Crippen LogP contribution in [0.5, 0.6) is 0 Å². The standard InChI is InChI=1S/C23H23BrN2O2/c24-17-6-7-19-20(12-17)23(8-9-23)14-26(22(19)28)13-21(27)25-18-10-16(11-18)15-4-2-1-3-5-15/h1-7,12,16,18H,8-11,13-14H2,(H,25,27)/t16-,18-. The predicted octanol–water partition coefficient (Wildman–Crippen LogP) is 4.00. The van der Waals surface area contributed by atoms with Crippen LogP contribution in [0.1, 0.15) is 53.1 Å². The third-order valence-electron chi connectivity index (χ3n) is 6.53. The molecular weight excluding hydrogens is 416 g/mol. The number of carbonyl (C=O) groups is 2. The fraction of sp³-hybridized carbons (Fsp3) is 0.391. The van der Waals surface area contributed by atoms with Crippen LogP contribution in [0, 0.1) is 0 Å². The molecule has 2 aliphatic carbocycles. The van der Waals surface area contributed by atoms with Crippen molar-refractivity contribution in [3.05, 3.63) is 69.7 Å². The van der Waals surface area contributed by atoms with Gasteiger partial charge in [-0.25, -0.2) is 0 Å². The molecule has 0 atom stereocenters. The summed E-state index contributed by atoms with van der Waals surface area (Å²) in [6.45, 7) is 0.808. The molecule has 0 radical (unpaired) electrons. The second-order valence-electron chi connectivity index (χ2n) is 8.47. The molecule has 2 aromatic rings. The van der Waals surface area contributed by atoms with Crippen LogP contribution >= 0.6 is 15.9 Å². The van der Waals surface area contributed by atoms with Gasteiger partial charge in [-0.15, -0.1) is 0 Å². The SMILES string of the molecule is O=C(CN1CC2(CC2)c2cc(Br)ccc2C1=O)N[C@H]1C[C@H](c2ccccc2)C1. The Kier molecular flexibility index (Phi) is 4.31. The van der Waals surface area contributed by atoms with Crippen molar-refractivity contribution in [1.29, 1.82) is 0 Å². The Hall–Kier alpha value is -2.14. The van der Waals surface area contributed by atoms with Crippen LogP contribution in [0.2, 0.25) is 0 Å². The summed E-state index contributed by atoms with van der Waals surface area (Å²) in [4.78, 5) is 27.2. The Balaban J connectivity index is 1.21. The first-order valence-corrected chi connectivity index (χ1v) is 10.8. The highest BCUT2D eigenvalue weighted by molar-refractivity contribution is 9.10. The molecule has 144 valence electrons. The number of benzene rings is 2. The molecule has 5 rings (SSSR count). The van der Waals surface area contributed by atoms with Gasteiger partial charge in [0.25, 0.3) is 5.91 Å². The molecule has 1 N–H and O–H groups in total. The van der Waals surface area contributed by atoms with E-state index in [1.807, 2.05) is 18.2 Å². The van der Waals surface area contributed by atoms with Crippen LogP contribution in [-0.4, -0.2) is 35.8 Å². The maximum absolute atomic E-state index is 12.9. The quantitative estimate of drug-likeness (QED) is 0.783. The van der Waals surface area contributed by atoms with E-state index in [0.29, 0.717) is 12.5 Å². The van der Waals surface area contributed by atoms with Gasteiger partial charge in [0.05, 0.1) is 6.54 Å². The second-order valence-corrected chi connectivity index (χ2v) is 9.39. The van der Waals surface area contributed by atoms with E-state index in [1.54, 1.807) is 4.90 Å². The molecule has 1 heterocycles. The van der Waals surface area contributed by atoms with Crippen molar-refractivity contribution in [3.63, 3.8) is 0 Å². The first kappa shape index (κ1) is 17.9. The first-order chi connectivity index (χ1) is 13.5. The summed E-state index contributed by atoms with van der Waals surface area (Å²) >= 11 is 3.52. The van der Waals surface area contributed by atoms with E-state index < -0.39 is 0 Å². The zero-order valence-electron chi connectivity index (χ0n) is 15.7. The van der Waals surface area contributed by atoms with E-state index in [0.717, 1.165) is 41.3 Å². The summed E-state index contributed by atoms with van der Waals surface area (Å²) < 4.78 is 1.01. The van der Waals surface area contributed by atoms with E-state index >= 15 is 0 Å². The van der Waals surface area contributed by atoms with Gasteiger partial charge in [0.1, 0.15) is 0 Å². The minimum absolute atomic E-state index is 0.0223. The molecular formula is C23H23BrN2O2. The van der Waals surface area contributed by atoms with Crippen LogP contribution < -0.4 is 5.32 Å². The van der Waals surface area contributed by atoms with E-state index in [1.165, 1.54) is 5.56 Å². The average molecular weight is 439 g/mol. The molecule has 2 amide bonds. The third-order valence-corrected chi connectivity index (χ3v) is 7.02. The molecule has 1 spiro atoms. The zero-order valence-corrected chi connectivity index (χ0v) is 17.2. The van der Waals surface area contributed by atoms with Crippen LogP contribution in [0.4, 0.5) is 0 Å². The second kappa shape index (κ2) is 6.73. The number of halogens is 1. The smallest absolute Gasteiger partial charge is 0.254 e. The number of hydrogen-bond acceptors (Lipinski definition) is 2. The highest BCUT2D eigenvalue weighted by atomic mass is 79.9. The Labute approximate surface area is 173 Å². The van der Waals surface area contributed by atoms with Crippen molar-refractivity contribution in [2.24, 2.45) is 0 Å². The van der Waals surface area contributed by atoms with Crippen molar-refractivity contribution >= 4 is 27.7 Å². The monoisotopic (exact) mass is 438 g/mol. The van der Waals surface area contributed by atoms with Gasteiger partial charge in [0.15, 0.2) is 0 Å². The van der Waals surface area contributed by atoms with Gasteiger partial charge in [-0.05, 0) is 60.9 Å². The molecule has 2 aromatic carbocycles. The van der Waals surface area contributed by atoms with Gasteiger partial charge >= 0.3 is 0 Å². The molecule has 5 heteroatoms. The number of fused-ring (bicyclic) bond motifs is 2. The number of carbonyl (C=O) groups excluding carboxylic acids is 2. The summed E-state index contributed by atoms with van der Waals surface area (Å²) in [5.41, 5.74) is 3.31. The zero-order chi connectivity index (χ0) is 19.3. The predicted molar refractivity (Wildman–Crippen MR) is 111 cm³/mol. The summed E-state index contributed by atoms with van der Waals surface area (Å²) in [5, 5.41) is 3.12. The Morgan fingerprint density at radius 1 is 1.14 bits per heavy atom. The van der Waals surface area contributed by atoms with E-state index in [4.69, 9.17) is 0 Å². The molecule has 0 aromatic heterocycles. The highest BCUT2D eigenvalue weighted by Crippen LogP contribution is 2.52. The Bertz CT molecular complexity index is 933. The van der Waals surface area contributed by atoms with E-state index in [9.17, 15) is 9.59 Å². The number of nitrogens with one attached hydrogen (secondary N) is 1. The largest absolute Gasteiger partial charge is 0.352 e. The lowest BCUT2D eigenvalue weighted by Gasteiger charge is -2.38. The summed E-state index contributed by atoms with van der Waals surface area (Å²) in [6, 6.07) is 16.6.